The van der Waals surface area contributed by atoms with Gasteiger partial charge in [-0.3, -0.25) is 4.79 Å². The number of carbonyl (C=O) groups is 1. The second kappa shape index (κ2) is 4.61. The number of carbonyl (C=O) groups excluding carboxylic acids is 1. The summed E-state index contributed by atoms with van der Waals surface area (Å²) in [5.74, 6) is 1.14. The third-order valence-corrected chi connectivity index (χ3v) is 3.14. The van der Waals surface area contributed by atoms with Crippen LogP contribution in [0.4, 0.5) is 0 Å². The van der Waals surface area contributed by atoms with Crippen LogP contribution in [0.25, 0.3) is 0 Å². The number of nitrogens with two attached hydrogens (primary N) is 1. The minimum absolute atomic E-state index is 0.424. The molecule has 2 aliphatic heterocycles. The lowest BCUT2D eigenvalue weighted by molar-refractivity contribution is -0.114. The third-order valence-electron chi connectivity index (χ3n) is 3.14. The van der Waals surface area contributed by atoms with Gasteiger partial charge in [-0.2, -0.15) is 0 Å². The first-order valence-electron chi connectivity index (χ1n) is 5.85. The number of primary amides is 1. The van der Waals surface area contributed by atoms with Gasteiger partial charge in [0.05, 0.1) is 5.57 Å². The molecule has 1 fully saturated rings. The molecule has 0 saturated carbocycles. The maximum absolute atomic E-state index is 11.2. The average molecular weight is 234 g/mol. The van der Waals surface area contributed by atoms with Gasteiger partial charge in [-0.25, -0.2) is 4.99 Å². The van der Waals surface area contributed by atoms with Crippen LogP contribution in [0, 0.1) is 0 Å². The molecule has 17 heavy (non-hydrogen) atoms. The Morgan fingerprint density at radius 3 is 2.65 bits per heavy atom. The quantitative estimate of drug-likeness (QED) is 0.678. The molecule has 2 heterocycles. The van der Waals surface area contributed by atoms with Crippen LogP contribution in [0.3, 0.4) is 0 Å². The number of hydrogen-bond acceptors (Lipinski definition) is 4. The van der Waals surface area contributed by atoms with Crippen molar-refractivity contribution in [2.45, 2.75) is 19.8 Å². The molecule has 0 aliphatic carbocycles. The van der Waals surface area contributed by atoms with Gasteiger partial charge in [0.1, 0.15) is 11.7 Å². The van der Waals surface area contributed by atoms with Gasteiger partial charge in [-0.15, -0.1) is 0 Å². The molecular formula is C12H18N4O. The monoisotopic (exact) mass is 234 g/mol. The summed E-state index contributed by atoms with van der Waals surface area (Å²) in [5.41, 5.74) is 5.79. The van der Waals surface area contributed by atoms with Crippen LogP contribution in [-0.2, 0) is 4.79 Å². The van der Waals surface area contributed by atoms with Crippen LogP contribution >= 0.6 is 0 Å². The van der Waals surface area contributed by atoms with Gasteiger partial charge in [0.15, 0.2) is 0 Å². The molecule has 2 rings (SSSR count). The van der Waals surface area contributed by atoms with E-state index >= 15 is 0 Å². The first-order valence-corrected chi connectivity index (χ1v) is 5.85. The summed E-state index contributed by atoms with van der Waals surface area (Å²) in [6.07, 6.45) is 6.30. The fraction of sp³-hybridized carbons (Fsp3) is 0.500. The van der Waals surface area contributed by atoms with Crippen molar-refractivity contribution in [3.05, 3.63) is 23.7 Å². The Labute approximate surface area is 101 Å². The van der Waals surface area contributed by atoms with Crippen LogP contribution in [-0.4, -0.2) is 41.7 Å². The molecule has 0 aromatic carbocycles. The second-order valence-electron chi connectivity index (χ2n) is 4.40. The number of amidine groups is 1. The Hall–Kier alpha value is -1.78. The minimum Gasteiger partial charge on any atom is -0.366 e. The van der Waals surface area contributed by atoms with Crippen molar-refractivity contribution in [3.8, 4) is 0 Å². The van der Waals surface area contributed by atoms with E-state index in [9.17, 15) is 4.79 Å². The van der Waals surface area contributed by atoms with Crippen LogP contribution in [0.1, 0.15) is 19.8 Å². The second-order valence-corrected chi connectivity index (χ2v) is 4.40. The van der Waals surface area contributed by atoms with E-state index in [-0.39, 0.29) is 0 Å². The maximum Gasteiger partial charge on any atom is 0.248 e. The standard InChI is InChI=1S/C12H18N4O/c1-9(11(13)17)12-14-10(5-8-15(12)2)16-6-3-4-7-16/h5,8H,3-4,6-7H2,1-2H3,(H2,13,17)/b12-9+. The molecule has 0 atom stereocenters. The predicted molar refractivity (Wildman–Crippen MR) is 67.0 cm³/mol. The Kier molecular flexibility index (Phi) is 3.17. The molecule has 0 unspecified atom stereocenters. The average Bonchev–Trinajstić information content (AvgIpc) is 2.82. The first kappa shape index (κ1) is 11.7. The molecule has 0 aromatic rings. The summed E-state index contributed by atoms with van der Waals surface area (Å²) in [4.78, 5) is 19.8. The van der Waals surface area contributed by atoms with Gasteiger partial charge in [-0.05, 0) is 25.8 Å². The zero-order valence-electron chi connectivity index (χ0n) is 10.3. The molecule has 0 bridgehead atoms. The number of hydrogen-bond donors (Lipinski definition) is 1. The van der Waals surface area contributed by atoms with Crippen molar-refractivity contribution in [1.29, 1.82) is 0 Å². The molecule has 1 saturated heterocycles. The fourth-order valence-electron chi connectivity index (χ4n) is 2.05. The van der Waals surface area contributed by atoms with Crippen molar-refractivity contribution in [2.24, 2.45) is 10.7 Å². The summed E-state index contributed by atoms with van der Waals surface area (Å²) in [6.45, 7) is 3.78. The Bertz CT molecular complexity index is 416. The molecular weight excluding hydrogens is 216 g/mol. The molecule has 92 valence electrons. The number of rotatable bonds is 1. The van der Waals surface area contributed by atoms with Crippen LogP contribution in [0.2, 0.25) is 0 Å². The van der Waals surface area contributed by atoms with Crippen molar-refractivity contribution >= 4 is 11.7 Å². The maximum atomic E-state index is 11.2. The van der Waals surface area contributed by atoms with Crippen LogP contribution in [0.5, 0.6) is 0 Å². The SMILES string of the molecule is C/C(C(N)=O)=C1/N=C(N2CCCC2)C=CN1C. The van der Waals surface area contributed by atoms with E-state index in [1.165, 1.54) is 12.8 Å². The summed E-state index contributed by atoms with van der Waals surface area (Å²) in [5, 5.41) is 0. The van der Waals surface area contributed by atoms with E-state index in [0.717, 1.165) is 18.9 Å². The lowest BCUT2D eigenvalue weighted by Gasteiger charge is -2.25. The lowest BCUT2D eigenvalue weighted by Crippen LogP contribution is -2.31. The number of likely N-dealkylation sites (tertiary alicyclic amines) is 1. The van der Waals surface area contributed by atoms with Crippen LogP contribution in [0.15, 0.2) is 28.7 Å². The Morgan fingerprint density at radius 2 is 2.06 bits per heavy atom. The van der Waals surface area contributed by atoms with Crippen molar-refractivity contribution in [3.63, 3.8) is 0 Å². The third kappa shape index (κ3) is 2.33. The lowest BCUT2D eigenvalue weighted by atomic mass is 10.2. The highest BCUT2D eigenvalue weighted by Gasteiger charge is 2.20. The normalized spacial score (nSPS) is 22.8. The summed E-state index contributed by atoms with van der Waals surface area (Å²) < 4.78 is 0. The van der Waals surface area contributed by atoms with E-state index in [2.05, 4.69) is 9.89 Å². The van der Waals surface area contributed by atoms with Gasteiger partial charge >= 0.3 is 0 Å². The number of nitrogens with zero attached hydrogens (tertiary/aromatic N) is 3. The largest absolute Gasteiger partial charge is 0.366 e. The van der Waals surface area contributed by atoms with Crippen molar-refractivity contribution in [1.82, 2.24) is 9.80 Å². The van der Waals surface area contributed by atoms with E-state index in [1.807, 2.05) is 24.2 Å². The van der Waals surface area contributed by atoms with E-state index in [1.54, 1.807) is 6.92 Å². The predicted octanol–water partition coefficient (Wildman–Crippen LogP) is 0.657. The molecule has 2 aliphatic rings. The molecule has 5 heteroatoms. The highest BCUT2D eigenvalue weighted by molar-refractivity contribution is 5.97. The zero-order valence-corrected chi connectivity index (χ0v) is 10.3. The van der Waals surface area contributed by atoms with E-state index in [4.69, 9.17) is 5.73 Å². The molecule has 5 nitrogen and oxygen atoms in total. The van der Waals surface area contributed by atoms with Gasteiger partial charge in [0.2, 0.25) is 5.91 Å². The first-order chi connectivity index (χ1) is 8.09. The van der Waals surface area contributed by atoms with E-state index in [0.29, 0.717) is 11.4 Å². The van der Waals surface area contributed by atoms with E-state index < -0.39 is 5.91 Å². The smallest absolute Gasteiger partial charge is 0.248 e. The minimum atomic E-state index is -0.424. The zero-order chi connectivity index (χ0) is 12.4. The summed E-state index contributed by atoms with van der Waals surface area (Å²) in [6, 6.07) is 0. The van der Waals surface area contributed by atoms with Crippen LogP contribution < -0.4 is 5.73 Å². The fourth-order valence-corrected chi connectivity index (χ4v) is 2.05. The highest BCUT2D eigenvalue weighted by Crippen LogP contribution is 2.18. The summed E-state index contributed by atoms with van der Waals surface area (Å²) >= 11 is 0. The Balaban J connectivity index is 2.30. The van der Waals surface area contributed by atoms with Crippen molar-refractivity contribution in [2.75, 3.05) is 20.1 Å². The highest BCUT2D eigenvalue weighted by atomic mass is 16.1. The molecule has 2 N–H and O–H groups in total. The number of aliphatic imine (C=N–C) groups is 1. The molecule has 0 radical (unpaired) electrons. The van der Waals surface area contributed by atoms with Gasteiger partial charge in [0, 0.05) is 26.3 Å². The van der Waals surface area contributed by atoms with Gasteiger partial charge in [-0.1, -0.05) is 0 Å². The molecule has 1 amide bonds. The van der Waals surface area contributed by atoms with Crippen molar-refractivity contribution < 1.29 is 4.79 Å². The molecule has 0 aromatic heterocycles. The van der Waals surface area contributed by atoms with Gasteiger partial charge in [0.25, 0.3) is 0 Å². The topological polar surface area (TPSA) is 61.9 Å². The number of amides is 1. The molecule has 0 spiro atoms. The summed E-state index contributed by atoms with van der Waals surface area (Å²) in [7, 11) is 1.86. The van der Waals surface area contributed by atoms with Gasteiger partial charge < -0.3 is 15.5 Å². The Morgan fingerprint density at radius 1 is 1.41 bits per heavy atom.